The maximum Gasteiger partial charge on any atom is 0.224 e. The number of hydrogen-bond acceptors (Lipinski definition) is 4. The van der Waals surface area contributed by atoms with Gasteiger partial charge < -0.3 is 10.2 Å². The molecule has 1 aromatic heterocycles. The predicted molar refractivity (Wildman–Crippen MR) is 73.5 cm³/mol. The predicted octanol–water partition coefficient (Wildman–Crippen LogP) is 2.79. The van der Waals surface area contributed by atoms with Crippen LogP contribution in [0.15, 0.2) is 10.7 Å². The van der Waals surface area contributed by atoms with Crippen molar-refractivity contribution >= 4 is 33.3 Å². The minimum atomic E-state index is 0.261. The number of nitrogens with one attached hydrogen (secondary N) is 1. The van der Waals surface area contributed by atoms with Gasteiger partial charge in [-0.2, -0.15) is 4.98 Å². The molecule has 1 fully saturated rings. The van der Waals surface area contributed by atoms with Gasteiger partial charge in [-0.1, -0.05) is 0 Å². The van der Waals surface area contributed by atoms with Gasteiger partial charge in [0, 0.05) is 18.3 Å². The van der Waals surface area contributed by atoms with E-state index in [1.165, 1.54) is 19.3 Å². The monoisotopic (exact) mass is 318 g/mol. The van der Waals surface area contributed by atoms with Crippen LogP contribution in [0, 0.1) is 0 Å². The highest BCUT2D eigenvalue weighted by Gasteiger charge is 2.38. The van der Waals surface area contributed by atoms with Crippen molar-refractivity contribution in [2.45, 2.75) is 24.8 Å². The minimum absolute atomic E-state index is 0.261. The zero-order valence-corrected chi connectivity index (χ0v) is 12.3. The first-order valence-electron chi connectivity index (χ1n) is 5.63. The van der Waals surface area contributed by atoms with Crippen LogP contribution < -0.4 is 5.32 Å². The van der Waals surface area contributed by atoms with Crippen LogP contribution in [0.5, 0.6) is 0 Å². The first-order valence-corrected chi connectivity index (χ1v) is 6.80. The van der Waals surface area contributed by atoms with E-state index in [2.05, 4.69) is 50.2 Å². The van der Waals surface area contributed by atoms with E-state index in [-0.39, 0.29) is 10.8 Å². The highest BCUT2D eigenvalue weighted by molar-refractivity contribution is 9.10. The van der Waals surface area contributed by atoms with Gasteiger partial charge in [-0.25, -0.2) is 4.98 Å². The third-order valence-corrected chi connectivity index (χ3v) is 4.29. The van der Waals surface area contributed by atoms with Gasteiger partial charge in [-0.3, -0.25) is 0 Å². The molecule has 2 rings (SSSR count). The topological polar surface area (TPSA) is 41.0 Å². The number of halogens is 2. The molecule has 1 saturated carbocycles. The first kappa shape index (κ1) is 13.1. The molecule has 6 heteroatoms. The molecule has 1 aliphatic carbocycles. The van der Waals surface area contributed by atoms with E-state index in [4.69, 9.17) is 11.6 Å². The minimum Gasteiger partial charge on any atom is -0.367 e. The summed E-state index contributed by atoms with van der Waals surface area (Å²) in [4.78, 5) is 10.4. The van der Waals surface area contributed by atoms with E-state index in [0.717, 1.165) is 16.8 Å². The summed E-state index contributed by atoms with van der Waals surface area (Å²) in [6.07, 6.45) is 5.42. The molecule has 1 heterocycles. The molecular formula is C11H16BrClN4. The molecule has 94 valence electrons. The van der Waals surface area contributed by atoms with E-state index in [1.54, 1.807) is 6.20 Å². The number of likely N-dealkylation sites (N-methyl/N-ethyl adjacent to an activating group) is 1. The molecule has 17 heavy (non-hydrogen) atoms. The Kier molecular flexibility index (Phi) is 3.90. The molecule has 0 aliphatic heterocycles. The molecular weight excluding hydrogens is 304 g/mol. The van der Waals surface area contributed by atoms with Crippen molar-refractivity contribution in [1.82, 2.24) is 14.9 Å². The van der Waals surface area contributed by atoms with Gasteiger partial charge in [0.05, 0.1) is 4.47 Å². The van der Waals surface area contributed by atoms with Crippen LogP contribution in [0.4, 0.5) is 5.82 Å². The van der Waals surface area contributed by atoms with Crippen molar-refractivity contribution in [3.63, 3.8) is 0 Å². The molecule has 1 N–H and O–H groups in total. The van der Waals surface area contributed by atoms with Crippen LogP contribution in [-0.2, 0) is 0 Å². The zero-order valence-electron chi connectivity index (χ0n) is 10.0. The van der Waals surface area contributed by atoms with Gasteiger partial charge in [0.1, 0.15) is 5.82 Å². The molecule has 0 spiro atoms. The molecule has 0 bridgehead atoms. The summed E-state index contributed by atoms with van der Waals surface area (Å²) < 4.78 is 0.843. The second-order valence-corrected chi connectivity index (χ2v) is 5.85. The largest absolute Gasteiger partial charge is 0.367 e. The summed E-state index contributed by atoms with van der Waals surface area (Å²) in [6, 6.07) is 0. The van der Waals surface area contributed by atoms with Crippen molar-refractivity contribution in [2.75, 3.05) is 26.0 Å². The smallest absolute Gasteiger partial charge is 0.224 e. The standard InChI is InChI=1S/C11H16BrClN4/c1-17(2)11(4-3-5-11)7-15-9-8(12)6-14-10(13)16-9/h6H,3-5,7H2,1-2H3,(H,14,15,16). The van der Waals surface area contributed by atoms with Crippen LogP contribution in [0.25, 0.3) is 0 Å². The summed E-state index contributed by atoms with van der Waals surface area (Å²) in [5, 5.41) is 3.62. The lowest BCUT2D eigenvalue weighted by molar-refractivity contribution is 0.0738. The summed E-state index contributed by atoms with van der Waals surface area (Å²) in [5.41, 5.74) is 0.261. The van der Waals surface area contributed by atoms with Gasteiger partial charge >= 0.3 is 0 Å². The van der Waals surface area contributed by atoms with Crippen molar-refractivity contribution < 1.29 is 0 Å². The number of nitrogens with zero attached hydrogens (tertiary/aromatic N) is 3. The number of anilines is 1. The lowest BCUT2D eigenvalue weighted by atomic mass is 9.75. The maximum atomic E-state index is 5.78. The van der Waals surface area contributed by atoms with Crippen LogP contribution in [0.2, 0.25) is 5.28 Å². The lowest BCUT2D eigenvalue weighted by Crippen LogP contribution is -2.54. The Bertz CT molecular complexity index is 406. The summed E-state index contributed by atoms with van der Waals surface area (Å²) in [5.74, 6) is 0.762. The summed E-state index contributed by atoms with van der Waals surface area (Å²) in [7, 11) is 4.26. The van der Waals surface area contributed by atoms with Gasteiger partial charge in [-0.15, -0.1) is 0 Å². The van der Waals surface area contributed by atoms with E-state index < -0.39 is 0 Å². The number of rotatable bonds is 4. The Balaban J connectivity index is 2.04. The Hall–Kier alpha value is -0.390. The Morgan fingerprint density at radius 2 is 2.24 bits per heavy atom. The third kappa shape index (κ3) is 2.72. The molecule has 0 atom stereocenters. The van der Waals surface area contributed by atoms with Gasteiger partial charge in [0.2, 0.25) is 5.28 Å². The summed E-state index contributed by atoms with van der Waals surface area (Å²) in [6.45, 7) is 0.881. The molecule has 4 nitrogen and oxygen atoms in total. The van der Waals surface area contributed by atoms with Crippen LogP contribution in [0.3, 0.4) is 0 Å². The van der Waals surface area contributed by atoms with Gasteiger partial charge in [0.15, 0.2) is 0 Å². The average molecular weight is 320 g/mol. The van der Waals surface area contributed by atoms with Crippen molar-refractivity contribution in [3.05, 3.63) is 16.0 Å². The number of aromatic nitrogens is 2. The molecule has 0 amide bonds. The Labute approximate surface area is 115 Å². The van der Waals surface area contributed by atoms with E-state index in [0.29, 0.717) is 0 Å². The third-order valence-electron chi connectivity index (χ3n) is 3.53. The molecule has 0 unspecified atom stereocenters. The highest BCUT2D eigenvalue weighted by Crippen LogP contribution is 2.36. The Morgan fingerprint density at radius 1 is 1.53 bits per heavy atom. The van der Waals surface area contributed by atoms with E-state index >= 15 is 0 Å². The average Bonchev–Trinajstić information content (AvgIpc) is 2.21. The SMILES string of the molecule is CN(C)C1(CNc2nc(Cl)ncc2Br)CCC1. The van der Waals surface area contributed by atoms with Gasteiger partial charge in [0.25, 0.3) is 0 Å². The molecule has 0 aromatic carbocycles. The highest BCUT2D eigenvalue weighted by atomic mass is 79.9. The zero-order chi connectivity index (χ0) is 12.5. The second kappa shape index (κ2) is 5.08. The van der Waals surface area contributed by atoms with E-state index in [1.807, 2.05) is 0 Å². The van der Waals surface area contributed by atoms with Crippen LogP contribution in [0.1, 0.15) is 19.3 Å². The number of hydrogen-bond donors (Lipinski definition) is 1. The molecule has 1 aliphatic rings. The summed E-state index contributed by atoms with van der Waals surface area (Å²) >= 11 is 9.20. The van der Waals surface area contributed by atoms with Crippen LogP contribution >= 0.6 is 27.5 Å². The quantitative estimate of drug-likeness (QED) is 0.867. The van der Waals surface area contributed by atoms with E-state index in [9.17, 15) is 0 Å². The first-order chi connectivity index (χ1) is 8.03. The van der Waals surface area contributed by atoms with Crippen LogP contribution in [-0.4, -0.2) is 41.0 Å². The molecule has 0 radical (unpaired) electrons. The second-order valence-electron chi connectivity index (χ2n) is 4.66. The fourth-order valence-corrected chi connectivity index (χ4v) is 2.55. The molecule has 0 saturated heterocycles. The van der Waals surface area contributed by atoms with Crippen molar-refractivity contribution in [2.24, 2.45) is 0 Å². The fourth-order valence-electron chi connectivity index (χ4n) is 2.08. The normalized spacial score (nSPS) is 17.9. The van der Waals surface area contributed by atoms with Gasteiger partial charge in [-0.05, 0) is 60.9 Å². The Morgan fingerprint density at radius 3 is 2.76 bits per heavy atom. The maximum absolute atomic E-state index is 5.78. The fraction of sp³-hybridized carbons (Fsp3) is 0.636. The van der Waals surface area contributed by atoms with Crippen molar-refractivity contribution in [1.29, 1.82) is 0 Å². The molecule has 1 aromatic rings. The van der Waals surface area contributed by atoms with Crippen molar-refractivity contribution in [3.8, 4) is 0 Å². The lowest BCUT2D eigenvalue weighted by Gasteiger charge is -2.47.